The topological polar surface area (TPSA) is 73.6 Å². The van der Waals surface area contributed by atoms with Crippen molar-refractivity contribution in [2.45, 2.75) is 90.7 Å². The zero-order valence-electron chi connectivity index (χ0n) is 21.6. The van der Waals surface area contributed by atoms with Crippen molar-refractivity contribution in [1.29, 1.82) is 0 Å². The lowest BCUT2D eigenvalue weighted by molar-refractivity contribution is -0.175. The zero-order chi connectivity index (χ0) is 24.1. The van der Waals surface area contributed by atoms with Crippen LogP contribution in [0.5, 0.6) is 5.75 Å². The molecule has 0 aliphatic heterocycles. The third kappa shape index (κ3) is 3.93. The number of ether oxygens (including phenoxy) is 2. The number of methoxy groups -OCH3 is 1. The van der Waals surface area contributed by atoms with Crippen molar-refractivity contribution in [1.82, 2.24) is 9.78 Å². The molecule has 1 aromatic heterocycles. The Bertz CT molecular complexity index is 897. The molecule has 1 heterocycles. The normalized spacial score (nSPS) is 43.6. The number of fused-ring (bicyclic) bond motifs is 5. The van der Waals surface area contributed by atoms with Crippen LogP contribution in [0.15, 0.2) is 12.4 Å². The quantitative estimate of drug-likeness (QED) is 0.612. The summed E-state index contributed by atoms with van der Waals surface area (Å²) in [5, 5.41) is 15.2. The molecule has 6 heteroatoms. The van der Waals surface area contributed by atoms with Gasteiger partial charge in [-0.25, -0.2) is 0 Å². The molecular formula is C28H44N2O4. The Morgan fingerprint density at radius 3 is 2.74 bits per heavy atom. The van der Waals surface area contributed by atoms with E-state index in [0.717, 1.165) is 44.5 Å². The summed E-state index contributed by atoms with van der Waals surface area (Å²) in [5.74, 6) is 3.71. The number of rotatable bonds is 7. The number of hydrogen-bond donors (Lipinski definition) is 1. The highest BCUT2D eigenvalue weighted by Crippen LogP contribution is 2.68. The minimum absolute atomic E-state index is 0.0927. The van der Waals surface area contributed by atoms with Crippen LogP contribution in [0.3, 0.4) is 0 Å². The fourth-order valence-electron chi connectivity index (χ4n) is 9.25. The number of carbonyl (C=O) groups is 1. The van der Waals surface area contributed by atoms with Crippen LogP contribution in [0.1, 0.15) is 78.6 Å². The maximum Gasteiger partial charge on any atom is 0.157 e. The second kappa shape index (κ2) is 8.92. The fraction of sp³-hybridized carbons (Fsp3) is 0.857. The summed E-state index contributed by atoms with van der Waals surface area (Å²) in [6, 6.07) is 0. The third-order valence-corrected chi connectivity index (χ3v) is 10.7. The largest absolute Gasteiger partial charge is 0.491 e. The van der Waals surface area contributed by atoms with Crippen LogP contribution in [0.25, 0.3) is 0 Å². The minimum atomic E-state index is -0.530. The lowest BCUT2D eigenvalue weighted by Crippen LogP contribution is -2.58. The molecule has 4 aliphatic rings. The number of aromatic nitrogens is 2. The van der Waals surface area contributed by atoms with Gasteiger partial charge >= 0.3 is 0 Å². The summed E-state index contributed by atoms with van der Waals surface area (Å²) in [6.07, 6.45) is 13.4. The standard InChI is InChI=1S/C28H44N2O4/c1-5-34-20-15-29-30(16-20)17-25(31)24-9-8-22-21-7-6-19-14-26(2,32)12-13-28(19,18-33-4)23(21)10-11-27(22,24)3/h15-16,19,21-24,32H,5-14,17-18H2,1-4H3/t19-,21+,22+,23+,24-,26-,27+,28-/m1/s1. The van der Waals surface area contributed by atoms with E-state index in [1.807, 2.05) is 27.2 Å². The molecule has 0 amide bonds. The van der Waals surface area contributed by atoms with Gasteiger partial charge in [0, 0.05) is 13.0 Å². The minimum Gasteiger partial charge on any atom is -0.491 e. The van der Waals surface area contributed by atoms with E-state index in [9.17, 15) is 9.90 Å². The first-order valence-electron chi connectivity index (χ1n) is 13.6. The first-order chi connectivity index (χ1) is 16.2. The highest BCUT2D eigenvalue weighted by Gasteiger charge is 2.63. The second-order valence-corrected chi connectivity index (χ2v) is 12.5. The Morgan fingerprint density at radius 1 is 1.15 bits per heavy atom. The first kappa shape index (κ1) is 24.3. The summed E-state index contributed by atoms with van der Waals surface area (Å²) < 4.78 is 13.2. The van der Waals surface area contributed by atoms with E-state index in [1.165, 1.54) is 25.7 Å². The predicted octanol–water partition coefficient (Wildman–Crippen LogP) is 4.89. The van der Waals surface area contributed by atoms with Gasteiger partial charge in [0.1, 0.15) is 0 Å². The van der Waals surface area contributed by atoms with Crippen LogP contribution < -0.4 is 4.74 Å². The molecule has 6 nitrogen and oxygen atoms in total. The van der Waals surface area contributed by atoms with Crippen molar-refractivity contribution in [3.8, 4) is 5.75 Å². The lowest BCUT2D eigenvalue weighted by Gasteiger charge is -2.62. The van der Waals surface area contributed by atoms with E-state index in [0.29, 0.717) is 42.6 Å². The van der Waals surface area contributed by atoms with Gasteiger partial charge in [0.25, 0.3) is 0 Å². The van der Waals surface area contributed by atoms with E-state index < -0.39 is 5.60 Å². The van der Waals surface area contributed by atoms with E-state index in [2.05, 4.69) is 12.0 Å². The molecule has 190 valence electrons. The average Bonchev–Trinajstić information content (AvgIpc) is 3.37. The third-order valence-electron chi connectivity index (χ3n) is 10.7. The van der Waals surface area contributed by atoms with Gasteiger partial charge in [-0.2, -0.15) is 5.10 Å². The summed E-state index contributed by atoms with van der Waals surface area (Å²) >= 11 is 0. The Kier molecular flexibility index (Phi) is 6.37. The monoisotopic (exact) mass is 472 g/mol. The van der Waals surface area contributed by atoms with Gasteiger partial charge in [0.2, 0.25) is 0 Å². The van der Waals surface area contributed by atoms with Crippen molar-refractivity contribution in [3.63, 3.8) is 0 Å². The van der Waals surface area contributed by atoms with Gasteiger partial charge in [-0.05, 0) is 106 Å². The van der Waals surface area contributed by atoms with Crippen molar-refractivity contribution < 1.29 is 19.4 Å². The van der Waals surface area contributed by atoms with Crippen LogP contribution in [0, 0.1) is 40.4 Å². The molecule has 4 saturated carbocycles. The molecule has 5 rings (SSSR count). The maximum absolute atomic E-state index is 13.5. The number of nitrogens with zero attached hydrogens (tertiary/aromatic N) is 2. The molecule has 0 aromatic carbocycles. The number of Topliss-reactive ketones (excluding diaryl/α,β-unsaturated/α-hetero) is 1. The van der Waals surface area contributed by atoms with Crippen molar-refractivity contribution in [3.05, 3.63) is 12.4 Å². The van der Waals surface area contributed by atoms with E-state index in [4.69, 9.17) is 9.47 Å². The van der Waals surface area contributed by atoms with Gasteiger partial charge in [0.15, 0.2) is 11.5 Å². The zero-order valence-corrected chi connectivity index (χ0v) is 21.6. The van der Waals surface area contributed by atoms with E-state index in [-0.39, 0.29) is 16.7 Å². The van der Waals surface area contributed by atoms with Gasteiger partial charge < -0.3 is 14.6 Å². The van der Waals surface area contributed by atoms with Crippen molar-refractivity contribution >= 4 is 5.78 Å². The smallest absolute Gasteiger partial charge is 0.157 e. The molecule has 34 heavy (non-hydrogen) atoms. The van der Waals surface area contributed by atoms with Gasteiger partial charge in [0.05, 0.1) is 37.8 Å². The Balaban J connectivity index is 1.34. The van der Waals surface area contributed by atoms with Crippen LogP contribution in [0.2, 0.25) is 0 Å². The Hall–Kier alpha value is -1.40. The van der Waals surface area contributed by atoms with Crippen LogP contribution in [-0.4, -0.2) is 46.6 Å². The molecule has 0 radical (unpaired) electrons. The van der Waals surface area contributed by atoms with Crippen LogP contribution >= 0.6 is 0 Å². The van der Waals surface area contributed by atoms with Gasteiger partial charge in [-0.15, -0.1) is 0 Å². The summed E-state index contributed by atoms with van der Waals surface area (Å²) in [6.45, 7) is 8.17. The Morgan fingerprint density at radius 2 is 1.97 bits per heavy atom. The van der Waals surface area contributed by atoms with Crippen LogP contribution in [0.4, 0.5) is 0 Å². The van der Waals surface area contributed by atoms with Crippen LogP contribution in [-0.2, 0) is 16.1 Å². The SMILES string of the molecule is CCOc1cnn(CC(=O)[C@H]2CC[C@H]3[C@@H]4CC[C@@H]5C[C@](C)(O)CC[C@]5(COC)[C@H]4CC[C@]23C)c1. The molecule has 0 spiro atoms. The molecule has 4 fully saturated rings. The fourth-order valence-corrected chi connectivity index (χ4v) is 9.25. The summed E-state index contributed by atoms with van der Waals surface area (Å²) in [5.41, 5.74) is -0.235. The Labute approximate surface area is 204 Å². The molecule has 1 N–H and O–H groups in total. The number of ketones is 1. The van der Waals surface area contributed by atoms with Gasteiger partial charge in [-0.3, -0.25) is 9.48 Å². The lowest BCUT2D eigenvalue weighted by atomic mass is 9.43. The first-order valence-corrected chi connectivity index (χ1v) is 13.6. The molecule has 0 bridgehead atoms. The molecule has 8 atom stereocenters. The highest BCUT2D eigenvalue weighted by molar-refractivity contribution is 5.82. The van der Waals surface area contributed by atoms with E-state index in [1.54, 1.807) is 10.9 Å². The molecule has 0 saturated heterocycles. The predicted molar refractivity (Wildman–Crippen MR) is 130 cm³/mol. The second-order valence-electron chi connectivity index (χ2n) is 12.5. The van der Waals surface area contributed by atoms with Gasteiger partial charge in [-0.1, -0.05) is 6.92 Å². The van der Waals surface area contributed by atoms with E-state index >= 15 is 0 Å². The molecule has 0 unspecified atom stereocenters. The molecule has 4 aliphatic carbocycles. The average molecular weight is 473 g/mol. The summed E-state index contributed by atoms with van der Waals surface area (Å²) in [7, 11) is 1.85. The molecule has 1 aromatic rings. The highest BCUT2D eigenvalue weighted by atomic mass is 16.5. The molecular weight excluding hydrogens is 428 g/mol. The number of carbonyl (C=O) groups excluding carboxylic acids is 1. The summed E-state index contributed by atoms with van der Waals surface area (Å²) in [4.78, 5) is 13.5. The maximum atomic E-state index is 13.5. The number of hydrogen-bond acceptors (Lipinski definition) is 5. The van der Waals surface area contributed by atoms with Crippen molar-refractivity contribution in [2.75, 3.05) is 20.3 Å². The van der Waals surface area contributed by atoms with Crippen molar-refractivity contribution in [2.24, 2.45) is 40.4 Å². The number of aliphatic hydroxyl groups is 1.